The van der Waals surface area contributed by atoms with Crippen molar-refractivity contribution in [3.05, 3.63) is 36.4 Å². The van der Waals surface area contributed by atoms with Gasteiger partial charge in [0, 0.05) is 43.2 Å². The van der Waals surface area contributed by atoms with Crippen LogP contribution in [-0.2, 0) is 32.0 Å². The number of nitrogens with one attached hydrogen (secondary N) is 4. The van der Waals surface area contributed by atoms with Gasteiger partial charge in [-0.3, -0.25) is 14.4 Å². The maximum atomic E-state index is 13.2. The fourth-order valence-corrected chi connectivity index (χ4v) is 4.31. The first kappa shape index (κ1) is 26.9. The number of aromatic nitrogens is 4. The molecule has 0 bridgehead atoms. The van der Waals surface area contributed by atoms with Gasteiger partial charge in [-0.05, 0) is 25.2 Å². The Hall–Kier alpha value is -3.74. The lowest BCUT2D eigenvalue weighted by molar-refractivity contribution is -0.143. The van der Waals surface area contributed by atoms with Gasteiger partial charge in [-0.1, -0.05) is 13.8 Å². The Bertz CT molecular complexity index is 1020. The SMILES string of the molecule is CC(C)CC(N)C(=O)N1CCCC1C(=O)NC(Cc1cnc[nH]1)C(=O)NC(Cc1cnc[nH]1)C(=O)O. The van der Waals surface area contributed by atoms with E-state index in [1.165, 1.54) is 29.9 Å². The molecule has 1 saturated heterocycles. The van der Waals surface area contributed by atoms with Crippen molar-refractivity contribution in [2.45, 2.75) is 70.1 Å². The van der Waals surface area contributed by atoms with Crippen molar-refractivity contribution in [3.8, 4) is 0 Å². The number of likely N-dealkylation sites (tertiary alicyclic amines) is 1. The Morgan fingerprint density at radius 2 is 1.69 bits per heavy atom. The number of imidazole rings is 2. The minimum atomic E-state index is -1.24. The minimum absolute atomic E-state index is 0.00948. The number of hydrogen-bond donors (Lipinski definition) is 6. The molecule has 2 aromatic rings. The average Bonchev–Trinajstić information content (AvgIpc) is 3.59. The third-order valence-electron chi connectivity index (χ3n) is 6.09. The predicted molar refractivity (Wildman–Crippen MR) is 128 cm³/mol. The van der Waals surface area contributed by atoms with Crippen LogP contribution in [0, 0.1) is 5.92 Å². The van der Waals surface area contributed by atoms with Crippen LogP contribution in [0.4, 0.5) is 0 Å². The summed E-state index contributed by atoms with van der Waals surface area (Å²) < 4.78 is 0. The average molecular weight is 503 g/mol. The first-order valence-corrected chi connectivity index (χ1v) is 12.0. The zero-order chi connectivity index (χ0) is 26.2. The summed E-state index contributed by atoms with van der Waals surface area (Å²) in [7, 11) is 0. The lowest BCUT2D eigenvalue weighted by Crippen LogP contribution is -2.57. The van der Waals surface area contributed by atoms with E-state index in [1.807, 2.05) is 13.8 Å². The Kier molecular flexibility index (Phi) is 9.17. The second-order valence-corrected chi connectivity index (χ2v) is 9.45. The summed E-state index contributed by atoms with van der Waals surface area (Å²) in [4.78, 5) is 66.1. The summed E-state index contributed by atoms with van der Waals surface area (Å²) >= 11 is 0. The number of hydrogen-bond acceptors (Lipinski definition) is 7. The highest BCUT2D eigenvalue weighted by Gasteiger charge is 2.38. The molecular formula is C23H34N8O5. The topological polar surface area (TPSA) is 199 Å². The maximum absolute atomic E-state index is 13.2. The van der Waals surface area contributed by atoms with Gasteiger partial charge in [-0.25, -0.2) is 14.8 Å². The Balaban J connectivity index is 1.72. The number of carbonyl (C=O) groups excluding carboxylic acids is 3. The molecule has 13 heteroatoms. The van der Waals surface area contributed by atoms with E-state index < -0.39 is 42.0 Å². The molecule has 3 rings (SSSR count). The standard InChI is InChI=1S/C23H34N8O5/c1-13(2)6-16(24)22(34)31-5-3-4-19(31)21(33)29-17(7-14-9-25-11-27-14)20(32)30-18(23(35)36)8-15-10-26-12-28-15/h9-13,16-19H,3-8,24H2,1-2H3,(H,25,27)(H,26,28)(H,29,33)(H,30,32)(H,35,36). The molecule has 2 aromatic heterocycles. The molecule has 3 heterocycles. The number of carboxylic acid groups (broad SMARTS) is 1. The number of nitrogens with zero attached hydrogens (tertiary/aromatic N) is 3. The van der Waals surface area contributed by atoms with Crippen LogP contribution in [-0.4, -0.2) is 84.3 Å². The number of amides is 3. The molecule has 7 N–H and O–H groups in total. The lowest BCUT2D eigenvalue weighted by Gasteiger charge is -2.29. The molecule has 0 aliphatic carbocycles. The van der Waals surface area contributed by atoms with Crippen LogP contribution < -0.4 is 16.4 Å². The monoisotopic (exact) mass is 502 g/mol. The van der Waals surface area contributed by atoms with Crippen LogP contribution in [0.25, 0.3) is 0 Å². The van der Waals surface area contributed by atoms with Gasteiger partial charge in [-0.2, -0.15) is 0 Å². The van der Waals surface area contributed by atoms with E-state index in [9.17, 15) is 24.3 Å². The molecule has 0 aromatic carbocycles. The van der Waals surface area contributed by atoms with E-state index in [2.05, 4.69) is 30.6 Å². The minimum Gasteiger partial charge on any atom is -0.480 e. The van der Waals surface area contributed by atoms with Crippen LogP contribution in [0.15, 0.2) is 25.0 Å². The largest absolute Gasteiger partial charge is 0.480 e. The summed E-state index contributed by atoms with van der Waals surface area (Å²) in [6.07, 6.45) is 7.48. The zero-order valence-electron chi connectivity index (χ0n) is 20.4. The van der Waals surface area contributed by atoms with Gasteiger partial charge < -0.3 is 36.3 Å². The summed E-state index contributed by atoms with van der Waals surface area (Å²) in [5.41, 5.74) is 7.19. The van der Waals surface area contributed by atoms with Crippen LogP contribution >= 0.6 is 0 Å². The Morgan fingerprint density at radius 3 is 2.22 bits per heavy atom. The van der Waals surface area contributed by atoms with Crippen LogP contribution in [0.2, 0.25) is 0 Å². The molecule has 1 fully saturated rings. The highest BCUT2D eigenvalue weighted by atomic mass is 16.4. The zero-order valence-corrected chi connectivity index (χ0v) is 20.4. The predicted octanol–water partition coefficient (Wildman–Crippen LogP) is -0.663. The van der Waals surface area contributed by atoms with Crippen molar-refractivity contribution in [2.24, 2.45) is 11.7 Å². The molecule has 4 unspecified atom stereocenters. The van der Waals surface area contributed by atoms with Gasteiger partial charge in [0.15, 0.2) is 0 Å². The summed E-state index contributed by atoms with van der Waals surface area (Å²) in [5.74, 6) is -2.45. The number of nitrogens with two attached hydrogens (primary N) is 1. The van der Waals surface area contributed by atoms with Gasteiger partial charge in [0.25, 0.3) is 0 Å². The van der Waals surface area contributed by atoms with E-state index in [1.54, 1.807) is 0 Å². The number of carboxylic acids is 1. The van der Waals surface area contributed by atoms with Gasteiger partial charge in [0.2, 0.25) is 17.7 Å². The summed E-state index contributed by atoms with van der Waals surface area (Å²) in [6.45, 7) is 4.35. The number of H-pyrrole nitrogens is 2. The number of rotatable bonds is 12. The number of carbonyl (C=O) groups is 4. The molecule has 196 valence electrons. The number of aliphatic carboxylic acids is 1. The van der Waals surface area contributed by atoms with Crippen molar-refractivity contribution in [1.29, 1.82) is 0 Å². The molecular weight excluding hydrogens is 468 g/mol. The highest BCUT2D eigenvalue weighted by molar-refractivity contribution is 5.94. The van der Waals surface area contributed by atoms with E-state index in [0.29, 0.717) is 37.2 Å². The van der Waals surface area contributed by atoms with E-state index >= 15 is 0 Å². The molecule has 3 amide bonds. The van der Waals surface area contributed by atoms with Crippen molar-refractivity contribution in [3.63, 3.8) is 0 Å². The second kappa shape index (κ2) is 12.3. The fourth-order valence-electron chi connectivity index (χ4n) is 4.31. The first-order chi connectivity index (χ1) is 17.2. The molecule has 0 radical (unpaired) electrons. The number of aromatic amines is 2. The molecule has 0 saturated carbocycles. The molecule has 0 spiro atoms. The highest BCUT2D eigenvalue weighted by Crippen LogP contribution is 2.20. The van der Waals surface area contributed by atoms with Crippen LogP contribution in [0.1, 0.15) is 44.5 Å². The first-order valence-electron chi connectivity index (χ1n) is 12.0. The second-order valence-electron chi connectivity index (χ2n) is 9.45. The third-order valence-corrected chi connectivity index (χ3v) is 6.09. The maximum Gasteiger partial charge on any atom is 0.326 e. The van der Waals surface area contributed by atoms with Gasteiger partial charge in [0.05, 0.1) is 18.7 Å². The lowest BCUT2D eigenvalue weighted by atomic mass is 10.0. The van der Waals surface area contributed by atoms with Crippen molar-refractivity contribution in [1.82, 2.24) is 35.5 Å². The van der Waals surface area contributed by atoms with Gasteiger partial charge in [-0.15, -0.1) is 0 Å². The van der Waals surface area contributed by atoms with Crippen LogP contribution in [0.5, 0.6) is 0 Å². The van der Waals surface area contributed by atoms with Gasteiger partial charge in [0.1, 0.15) is 18.1 Å². The molecule has 36 heavy (non-hydrogen) atoms. The van der Waals surface area contributed by atoms with E-state index in [0.717, 1.165) is 0 Å². The molecule has 1 aliphatic heterocycles. The Morgan fingerprint density at radius 1 is 1.08 bits per heavy atom. The van der Waals surface area contributed by atoms with E-state index in [-0.39, 0.29) is 24.7 Å². The fraction of sp³-hybridized carbons (Fsp3) is 0.565. The van der Waals surface area contributed by atoms with Crippen molar-refractivity contribution in [2.75, 3.05) is 6.54 Å². The smallest absolute Gasteiger partial charge is 0.326 e. The molecule has 1 aliphatic rings. The van der Waals surface area contributed by atoms with Crippen molar-refractivity contribution < 1.29 is 24.3 Å². The summed E-state index contributed by atoms with van der Waals surface area (Å²) in [6, 6.07) is -3.80. The Labute approximate surface area is 208 Å². The molecule has 4 atom stereocenters. The normalized spacial score (nSPS) is 18.0. The quantitative estimate of drug-likeness (QED) is 0.219. The summed E-state index contributed by atoms with van der Waals surface area (Å²) in [5, 5.41) is 14.8. The van der Waals surface area contributed by atoms with E-state index in [4.69, 9.17) is 5.73 Å². The van der Waals surface area contributed by atoms with Crippen LogP contribution in [0.3, 0.4) is 0 Å². The van der Waals surface area contributed by atoms with Gasteiger partial charge >= 0.3 is 5.97 Å². The van der Waals surface area contributed by atoms with Crippen molar-refractivity contribution >= 4 is 23.7 Å². The third kappa shape index (κ3) is 7.13. The molecule has 13 nitrogen and oxygen atoms in total.